The van der Waals surface area contributed by atoms with Gasteiger partial charge in [-0.3, -0.25) is 0 Å². The van der Waals surface area contributed by atoms with Crippen LogP contribution < -0.4 is 11.5 Å². The minimum Gasteiger partial charge on any atom is -0.455 e. The standard InChI is InChI=1S/C47H34N2O2.C15H14N2/c1-30-12-8-17-33(26-30)36-20-10-22-38-40-28-41-39-23-11-21-37(46(39)51-44(41)29-43(40)50-45(36)38)34-18-9-19-35(27-34)47(48)49-42(32-15-6-3-7-16-32)25-24-31-13-4-2-5-14-31;16-14(12-7-3-1-4-8-12)11-15(17)13-9-5-2-6-10-13/h2-23,25-29H,24H2,1H3,(H2,48,49);1-11,16H,17H2/b42-25-;15-11-,16-14?. The van der Waals surface area contributed by atoms with Gasteiger partial charge in [-0.15, -0.1) is 0 Å². The third-order valence-corrected chi connectivity index (χ3v) is 12.1. The van der Waals surface area contributed by atoms with Crippen LogP contribution in [0.25, 0.3) is 77.5 Å². The van der Waals surface area contributed by atoms with E-state index in [0.717, 1.165) is 101 Å². The molecule has 6 nitrogen and oxygen atoms in total. The van der Waals surface area contributed by atoms with Crippen molar-refractivity contribution in [2.45, 2.75) is 13.3 Å². The number of para-hydroxylation sites is 2. The average Bonchev–Trinajstić information content (AvgIpc) is 3.95. The fraction of sp³-hybridized carbons (Fsp3) is 0.0323. The SMILES string of the molecule is Cc1cccc(-c2cccc3c2oc2cc4oc5c(-c6cccc(C(N)=N/C(=C\Cc7ccccc7)c7ccccc7)c6)cccc5c4cc23)c1.N=C(/C=C(\N)c1ccccc1)c1ccccc1. The van der Waals surface area contributed by atoms with E-state index in [0.29, 0.717) is 17.2 Å². The van der Waals surface area contributed by atoms with Crippen molar-refractivity contribution in [2.75, 3.05) is 0 Å². The highest BCUT2D eigenvalue weighted by Crippen LogP contribution is 2.42. The Labute approximate surface area is 395 Å². The lowest BCUT2D eigenvalue weighted by atomic mass is 9.99. The molecule has 2 heterocycles. The summed E-state index contributed by atoms with van der Waals surface area (Å²) in [6.45, 7) is 2.11. The minimum atomic E-state index is 0.423. The quantitative estimate of drug-likeness (QED) is 0.0937. The first-order valence-corrected chi connectivity index (χ1v) is 22.6. The Balaban J connectivity index is 0.000000268. The zero-order valence-corrected chi connectivity index (χ0v) is 37.6. The molecule has 0 aliphatic heterocycles. The van der Waals surface area contributed by atoms with Crippen LogP contribution >= 0.6 is 0 Å². The summed E-state index contributed by atoms with van der Waals surface area (Å²) in [6.07, 6.45) is 4.58. The molecule has 0 saturated carbocycles. The van der Waals surface area contributed by atoms with E-state index in [-0.39, 0.29) is 0 Å². The van der Waals surface area contributed by atoms with Crippen molar-refractivity contribution in [1.82, 2.24) is 0 Å². The van der Waals surface area contributed by atoms with Crippen molar-refractivity contribution in [2.24, 2.45) is 16.5 Å². The second-order valence-electron chi connectivity index (χ2n) is 16.8. The summed E-state index contributed by atoms with van der Waals surface area (Å²) in [6, 6.07) is 73.5. The van der Waals surface area contributed by atoms with Crippen LogP contribution in [0.15, 0.2) is 244 Å². The summed E-state index contributed by atoms with van der Waals surface area (Å²) >= 11 is 0. The largest absolute Gasteiger partial charge is 0.455 e. The topological polar surface area (TPSA) is 115 Å². The number of benzene rings is 9. The lowest BCUT2D eigenvalue weighted by Crippen LogP contribution is -2.13. The van der Waals surface area contributed by atoms with Gasteiger partial charge in [0.1, 0.15) is 28.2 Å². The third-order valence-electron chi connectivity index (χ3n) is 12.1. The van der Waals surface area contributed by atoms with Gasteiger partial charge in [0, 0.05) is 50.0 Å². The Morgan fingerprint density at radius 3 is 1.57 bits per heavy atom. The second-order valence-corrected chi connectivity index (χ2v) is 16.8. The summed E-state index contributed by atoms with van der Waals surface area (Å²) in [4.78, 5) is 4.97. The van der Waals surface area contributed by atoms with Crippen LogP contribution in [0, 0.1) is 12.3 Å². The number of amidine groups is 1. The van der Waals surface area contributed by atoms with Gasteiger partial charge in [0.2, 0.25) is 0 Å². The van der Waals surface area contributed by atoms with Crippen LogP contribution in [0.3, 0.4) is 0 Å². The normalized spacial score (nSPS) is 12.1. The van der Waals surface area contributed by atoms with Crippen LogP contribution in [0.1, 0.15) is 33.4 Å². The Morgan fingerprint density at radius 1 is 0.485 bits per heavy atom. The molecule has 328 valence electrons. The maximum absolute atomic E-state index is 7.95. The van der Waals surface area contributed by atoms with Gasteiger partial charge in [0.15, 0.2) is 0 Å². The Bertz CT molecular complexity index is 3680. The summed E-state index contributed by atoms with van der Waals surface area (Å²) in [7, 11) is 0. The average molecular weight is 881 g/mol. The molecule has 9 aromatic carbocycles. The van der Waals surface area contributed by atoms with Gasteiger partial charge in [-0.1, -0.05) is 212 Å². The highest BCUT2D eigenvalue weighted by Gasteiger charge is 2.18. The van der Waals surface area contributed by atoms with Gasteiger partial charge >= 0.3 is 0 Å². The Kier molecular flexibility index (Phi) is 12.1. The van der Waals surface area contributed by atoms with Gasteiger partial charge < -0.3 is 25.7 Å². The van der Waals surface area contributed by atoms with E-state index >= 15 is 0 Å². The highest BCUT2D eigenvalue weighted by atomic mass is 16.3. The number of hydrogen-bond donors (Lipinski definition) is 3. The summed E-state index contributed by atoms with van der Waals surface area (Å²) in [5.41, 5.74) is 28.2. The van der Waals surface area contributed by atoms with Crippen molar-refractivity contribution in [3.05, 3.63) is 264 Å². The number of rotatable bonds is 10. The number of nitrogens with zero attached hydrogens (tertiary/aromatic N) is 1. The number of allylic oxidation sites excluding steroid dienone is 2. The predicted octanol–water partition coefficient (Wildman–Crippen LogP) is 15.2. The van der Waals surface area contributed by atoms with E-state index in [1.165, 1.54) is 11.1 Å². The number of fused-ring (bicyclic) bond motifs is 6. The molecule has 0 unspecified atom stereocenters. The van der Waals surface area contributed by atoms with Gasteiger partial charge in [0.05, 0.1) is 11.4 Å². The molecule has 0 bridgehead atoms. The van der Waals surface area contributed by atoms with Crippen LogP contribution in [-0.2, 0) is 6.42 Å². The Hall–Kier alpha value is -9.00. The van der Waals surface area contributed by atoms with E-state index in [1.807, 2.05) is 103 Å². The molecule has 0 aliphatic rings. The fourth-order valence-corrected chi connectivity index (χ4v) is 8.63. The highest BCUT2D eigenvalue weighted by molar-refractivity contribution is 6.18. The third kappa shape index (κ3) is 9.12. The first kappa shape index (κ1) is 42.9. The van der Waals surface area contributed by atoms with E-state index < -0.39 is 0 Å². The van der Waals surface area contributed by atoms with Gasteiger partial charge in [0.25, 0.3) is 0 Å². The maximum atomic E-state index is 7.95. The molecule has 0 radical (unpaired) electrons. The number of nitrogens with two attached hydrogens (primary N) is 2. The molecular formula is C62H48N4O2. The first-order valence-electron chi connectivity index (χ1n) is 22.6. The van der Waals surface area contributed by atoms with Crippen LogP contribution in [-0.4, -0.2) is 11.5 Å². The minimum absolute atomic E-state index is 0.423. The molecule has 0 saturated heterocycles. The lowest BCUT2D eigenvalue weighted by Gasteiger charge is -2.09. The van der Waals surface area contributed by atoms with E-state index in [4.69, 9.17) is 30.7 Å². The number of hydrogen-bond acceptors (Lipinski definition) is 5. The number of aliphatic imine (C=N–C) groups is 1. The Morgan fingerprint density at radius 2 is 0.985 bits per heavy atom. The zero-order valence-electron chi connectivity index (χ0n) is 37.6. The number of furan rings is 2. The second kappa shape index (κ2) is 19.2. The molecule has 2 aromatic heterocycles. The number of nitrogens with one attached hydrogen (secondary N) is 1. The molecule has 5 N–H and O–H groups in total. The van der Waals surface area contributed by atoms with Crippen LogP contribution in [0.4, 0.5) is 0 Å². The molecule has 0 atom stereocenters. The molecule has 11 aromatic rings. The van der Waals surface area contributed by atoms with Crippen molar-refractivity contribution < 1.29 is 8.83 Å². The summed E-state index contributed by atoms with van der Waals surface area (Å²) < 4.78 is 13.2. The molecule has 0 spiro atoms. The van der Waals surface area contributed by atoms with Gasteiger partial charge in [-0.2, -0.15) is 0 Å². The summed E-state index contributed by atoms with van der Waals surface area (Å²) in [5, 5.41) is 12.2. The lowest BCUT2D eigenvalue weighted by molar-refractivity contribution is 0.657. The zero-order chi connectivity index (χ0) is 46.4. The molecule has 6 heteroatoms. The van der Waals surface area contributed by atoms with E-state index in [2.05, 4.69) is 128 Å². The first-order chi connectivity index (χ1) is 33.4. The molecule has 11 rings (SSSR count). The maximum Gasteiger partial charge on any atom is 0.143 e. The summed E-state index contributed by atoms with van der Waals surface area (Å²) in [5.74, 6) is 0.453. The van der Waals surface area contributed by atoms with Crippen LogP contribution in [0.5, 0.6) is 0 Å². The molecular weight excluding hydrogens is 833 g/mol. The monoisotopic (exact) mass is 880 g/mol. The number of aryl methyl sites for hydroxylation is 1. The smallest absolute Gasteiger partial charge is 0.143 e. The molecule has 0 aliphatic carbocycles. The molecule has 0 amide bonds. The van der Waals surface area contributed by atoms with Crippen LogP contribution in [0.2, 0.25) is 0 Å². The van der Waals surface area contributed by atoms with Crippen molar-refractivity contribution in [3.8, 4) is 22.3 Å². The molecule has 0 fully saturated rings. The van der Waals surface area contributed by atoms with Gasteiger partial charge in [-0.05, 0) is 64.9 Å². The predicted molar refractivity (Wildman–Crippen MR) is 284 cm³/mol. The van der Waals surface area contributed by atoms with E-state index in [1.54, 1.807) is 6.08 Å². The fourth-order valence-electron chi connectivity index (χ4n) is 8.63. The van der Waals surface area contributed by atoms with Crippen molar-refractivity contribution in [3.63, 3.8) is 0 Å². The molecule has 68 heavy (non-hydrogen) atoms. The van der Waals surface area contributed by atoms with Gasteiger partial charge in [-0.25, -0.2) is 4.99 Å². The van der Waals surface area contributed by atoms with Crippen molar-refractivity contribution >= 4 is 66.8 Å². The van der Waals surface area contributed by atoms with E-state index in [9.17, 15) is 0 Å². The van der Waals surface area contributed by atoms with Crippen molar-refractivity contribution in [1.29, 1.82) is 5.41 Å².